The van der Waals surface area contributed by atoms with Crippen LogP contribution in [-0.2, 0) is 28.7 Å². The number of fused-ring (bicyclic) bond motifs is 1. The number of thiazole rings is 1. The zero-order valence-electron chi connectivity index (χ0n) is 20.3. The summed E-state index contributed by atoms with van der Waals surface area (Å²) < 4.78 is 10.5. The molecule has 2 aliphatic heterocycles. The second-order valence-corrected chi connectivity index (χ2v) is 10.9. The first kappa shape index (κ1) is 27.2. The molecule has 2 amide bonds. The Morgan fingerprint density at radius 3 is 2.61 bits per heavy atom. The van der Waals surface area contributed by atoms with Crippen LogP contribution >= 0.6 is 23.1 Å². The number of rotatable bonds is 7. The molecule has 0 saturated carbocycles. The molecule has 0 aromatic carbocycles. The zero-order valence-corrected chi connectivity index (χ0v) is 21.9. The van der Waals surface area contributed by atoms with Gasteiger partial charge in [0.2, 0.25) is 6.29 Å². The fourth-order valence-electron chi connectivity index (χ4n) is 3.34. The average Bonchev–Trinajstić information content (AvgIpc) is 3.22. The predicted molar refractivity (Wildman–Crippen MR) is 133 cm³/mol. The van der Waals surface area contributed by atoms with Gasteiger partial charge in [-0.25, -0.2) is 9.78 Å². The number of ether oxygens (including phenoxy) is 2. The Bertz CT molecular complexity index is 1170. The van der Waals surface area contributed by atoms with Gasteiger partial charge in [-0.2, -0.15) is 0 Å². The van der Waals surface area contributed by atoms with Gasteiger partial charge in [0.15, 0.2) is 10.8 Å². The molecular weight excluding hydrogens is 510 g/mol. The minimum Gasteiger partial charge on any atom is -0.425 e. The Labute approximate surface area is 215 Å². The van der Waals surface area contributed by atoms with Crippen molar-refractivity contribution in [1.29, 1.82) is 0 Å². The summed E-state index contributed by atoms with van der Waals surface area (Å²) >= 11 is 2.40. The van der Waals surface area contributed by atoms with Crippen molar-refractivity contribution < 1.29 is 33.9 Å². The van der Waals surface area contributed by atoms with Crippen molar-refractivity contribution in [3.05, 3.63) is 34.5 Å². The fraction of sp³-hybridized carbons (Fsp3) is 0.455. The Balaban J connectivity index is 1.76. The maximum absolute atomic E-state index is 13.1. The second-order valence-electron chi connectivity index (χ2n) is 8.88. The van der Waals surface area contributed by atoms with E-state index < -0.39 is 52.6 Å². The Kier molecular flexibility index (Phi) is 8.09. The molecule has 3 rings (SSSR count). The highest BCUT2D eigenvalue weighted by atomic mass is 32.2. The van der Waals surface area contributed by atoms with E-state index in [1.54, 1.807) is 39.8 Å². The lowest BCUT2D eigenvalue weighted by atomic mass is 9.97. The van der Waals surface area contributed by atoms with Crippen LogP contribution in [0.1, 0.15) is 40.3 Å². The first-order valence-electron chi connectivity index (χ1n) is 10.9. The summed E-state index contributed by atoms with van der Waals surface area (Å²) in [7, 11) is 0. The number of oxime groups is 1. The Hall–Kier alpha value is -3.39. The van der Waals surface area contributed by atoms with Gasteiger partial charge in [0, 0.05) is 18.1 Å². The van der Waals surface area contributed by atoms with E-state index in [1.165, 1.54) is 29.0 Å². The monoisotopic (exact) mass is 537 g/mol. The summed E-state index contributed by atoms with van der Waals surface area (Å²) in [5, 5.41) is 15.9. The number of amides is 2. The van der Waals surface area contributed by atoms with E-state index >= 15 is 0 Å². The number of nitrogens with zero attached hydrogens (tertiary/aromatic N) is 3. The van der Waals surface area contributed by atoms with Crippen molar-refractivity contribution in [3.8, 4) is 0 Å². The normalized spacial score (nSPS) is 21.1. The van der Waals surface area contributed by atoms with Gasteiger partial charge in [0.1, 0.15) is 22.8 Å². The average molecular weight is 538 g/mol. The van der Waals surface area contributed by atoms with Gasteiger partial charge in [-0.05, 0) is 33.3 Å². The lowest BCUT2D eigenvalue weighted by Crippen LogP contribution is -2.71. The van der Waals surface area contributed by atoms with Crippen LogP contribution in [0.4, 0.5) is 5.13 Å². The van der Waals surface area contributed by atoms with Crippen LogP contribution in [0.15, 0.2) is 34.0 Å². The molecule has 3 heterocycles. The topological polar surface area (TPSA) is 174 Å². The van der Waals surface area contributed by atoms with Crippen LogP contribution in [0.3, 0.4) is 0 Å². The molecule has 0 spiro atoms. The SMILES string of the molecule is C/C=C\C1=C(C(=O)OC(C)OC(=O)C(C)(C)C)N2C(=O)C(NC(=O)/C(=N\O)c3csc(N)n3)[C@H]2SC1. The molecule has 4 N–H and O–H groups in total. The summed E-state index contributed by atoms with van der Waals surface area (Å²) in [5.41, 5.74) is 5.01. The minimum absolute atomic E-state index is 0.00864. The highest BCUT2D eigenvalue weighted by molar-refractivity contribution is 8.00. The van der Waals surface area contributed by atoms with E-state index in [2.05, 4.69) is 15.5 Å². The number of allylic oxidation sites excluding steroid dienone is 2. The predicted octanol–water partition coefficient (Wildman–Crippen LogP) is 1.61. The summed E-state index contributed by atoms with van der Waals surface area (Å²) in [5.74, 6) is -2.40. The maximum Gasteiger partial charge on any atom is 0.358 e. The van der Waals surface area contributed by atoms with Crippen molar-refractivity contribution in [2.24, 2.45) is 10.6 Å². The van der Waals surface area contributed by atoms with E-state index in [0.29, 0.717) is 11.3 Å². The maximum atomic E-state index is 13.1. The molecule has 1 aromatic rings. The number of β-lactam (4-membered cyclic amide) rings is 1. The number of aromatic nitrogens is 1. The number of nitrogen functional groups attached to an aromatic ring is 1. The van der Waals surface area contributed by atoms with Crippen molar-refractivity contribution >= 4 is 57.7 Å². The first-order valence-corrected chi connectivity index (χ1v) is 12.8. The lowest BCUT2D eigenvalue weighted by molar-refractivity contribution is -0.190. The number of carbonyl (C=O) groups excluding carboxylic acids is 4. The summed E-state index contributed by atoms with van der Waals surface area (Å²) in [6, 6.07) is -0.985. The Morgan fingerprint density at radius 1 is 1.36 bits per heavy atom. The van der Waals surface area contributed by atoms with Gasteiger partial charge < -0.3 is 25.7 Å². The van der Waals surface area contributed by atoms with Gasteiger partial charge in [-0.15, -0.1) is 23.1 Å². The van der Waals surface area contributed by atoms with Crippen molar-refractivity contribution in [3.63, 3.8) is 0 Å². The van der Waals surface area contributed by atoms with Crippen LogP contribution in [-0.4, -0.2) is 68.0 Å². The van der Waals surface area contributed by atoms with Crippen molar-refractivity contribution in [2.45, 2.75) is 52.3 Å². The number of anilines is 1. The smallest absolute Gasteiger partial charge is 0.358 e. The number of thioether (sulfide) groups is 1. The van der Waals surface area contributed by atoms with Crippen LogP contribution in [0, 0.1) is 5.41 Å². The van der Waals surface area contributed by atoms with Crippen LogP contribution in [0.25, 0.3) is 0 Å². The van der Waals surface area contributed by atoms with Crippen LogP contribution in [0.5, 0.6) is 0 Å². The minimum atomic E-state index is -1.18. The third-order valence-electron chi connectivity index (χ3n) is 5.08. The highest BCUT2D eigenvalue weighted by Crippen LogP contribution is 2.41. The number of esters is 2. The largest absolute Gasteiger partial charge is 0.425 e. The molecule has 0 radical (unpaired) electrons. The van der Waals surface area contributed by atoms with E-state index in [1.807, 2.05) is 0 Å². The zero-order chi connectivity index (χ0) is 26.8. The number of nitrogens with two attached hydrogens (primary N) is 1. The standard InChI is InChI=1S/C22H27N5O7S2/c1-6-7-11-8-35-18-14(25-16(28)13(26-32)12-9-36-21(23)24-12)17(29)27(18)15(11)19(30)33-10(2)34-20(31)22(3,4)5/h6-7,9-10,14,18,32H,8H2,1-5H3,(H2,23,24)(H,25,28)/b7-6-,26-13-/t10?,14?,18-/m1/s1. The lowest BCUT2D eigenvalue weighted by Gasteiger charge is -2.49. The van der Waals surface area contributed by atoms with Crippen molar-refractivity contribution in [2.75, 3.05) is 11.5 Å². The summed E-state index contributed by atoms with van der Waals surface area (Å²) in [6.07, 6.45) is 2.23. The molecule has 2 aliphatic rings. The molecule has 14 heteroatoms. The number of nitrogens with one attached hydrogen (secondary N) is 1. The molecular formula is C22H27N5O7S2. The van der Waals surface area contributed by atoms with E-state index in [0.717, 1.165) is 11.3 Å². The number of carbonyl (C=O) groups is 4. The Morgan fingerprint density at radius 2 is 2.06 bits per heavy atom. The number of hydrogen-bond acceptors (Lipinski definition) is 12. The van der Waals surface area contributed by atoms with Crippen LogP contribution in [0.2, 0.25) is 0 Å². The molecule has 36 heavy (non-hydrogen) atoms. The second kappa shape index (κ2) is 10.7. The molecule has 194 valence electrons. The summed E-state index contributed by atoms with van der Waals surface area (Å²) in [4.78, 5) is 56.1. The molecule has 12 nitrogen and oxygen atoms in total. The van der Waals surface area contributed by atoms with E-state index in [-0.39, 0.29) is 16.5 Å². The van der Waals surface area contributed by atoms with E-state index in [4.69, 9.17) is 15.2 Å². The quantitative estimate of drug-likeness (QED) is 0.116. The summed E-state index contributed by atoms with van der Waals surface area (Å²) in [6.45, 7) is 8.19. The van der Waals surface area contributed by atoms with Gasteiger partial charge in [0.25, 0.3) is 11.8 Å². The van der Waals surface area contributed by atoms with Gasteiger partial charge in [-0.1, -0.05) is 17.3 Å². The number of hydrogen-bond donors (Lipinski definition) is 3. The molecule has 0 bridgehead atoms. The van der Waals surface area contributed by atoms with Gasteiger partial charge >= 0.3 is 11.9 Å². The third-order valence-corrected chi connectivity index (χ3v) is 7.06. The highest BCUT2D eigenvalue weighted by Gasteiger charge is 2.54. The van der Waals surface area contributed by atoms with E-state index in [9.17, 15) is 24.4 Å². The molecule has 1 fully saturated rings. The van der Waals surface area contributed by atoms with Gasteiger partial charge in [-0.3, -0.25) is 19.3 Å². The van der Waals surface area contributed by atoms with Crippen molar-refractivity contribution in [1.82, 2.24) is 15.2 Å². The third kappa shape index (κ3) is 5.54. The fourth-order valence-corrected chi connectivity index (χ4v) is 5.20. The van der Waals surface area contributed by atoms with Gasteiger partial charge in [0.05, 0.1) is 5.41 Å². The van der Waals surface area contributed by atoms with Crippen LogP contribution < -0.4 is 11.1 Å². The molecule has 3 atom stereocenters. The molecule has 0 aliphatic carbocycles. The molecule has 1 aromatic heterocycles. The molecule has 1 saturated heterocycles. The molecule has 2 unspecified atom stereocenters. The first-order chi connectivity index (χ1) is 16.9.